The number of nitrogens with two attached hydrogens (primary N) is 1. The first-order chi connectivity index (χ1) is 26.2. The second kappa shape index (κ2) is 15.1. The van der Waals surface area contributed by atoms with Gasteiger partial charge >= 0.3 is 0 Å². The molecule has 1 aliphatic carbocycles. The number of fused-ring (bicyclic) bond motifs is 8. The maximum absolute atomic E-state index is 12.9. The van der Waals surface area contributed by atoms with Crippen LogP contribution in [0.4, 0.5) is 0 Å². The molecule has 6 aliphatic rings. The molecule has 2 bridgehead atoms. The zero-order chi connectivity index (χ0) is 37.4. The van der Waals surface area contributed by atoms with Gasteiger partial charge in [0, 0.05) is 37.2 Å². The minimum absolute atomic E-state index is 0.00954. The fourth-order valence-electron chi connectivity index (χ4n) is 8.86. The molecule has 54 heavy (non-hydrogen) atoms. The van der Waals surface area contributed by atoms with Gasteiger partial charge in [0.15, 0.2) is 17.7 Å². The Morgan fingerprint density at radius 3 is 2.80 bits per heavy atom. The average Bonchev–Trinajstić information content (AvgIpc) is 3.89. The SMILES string of the molecule is CCCC(O)CC(O)CC(=O)CCc1ccc2c(c1)OC1C(C#CC(O)c3ccc4c(c3CC3=CN=C5CN1C=C35)C=CNC4N)C1(C#CO2)CCCC1. The van der Waals surface area contributed by atoms with Crippen LogP contribution in [0.2, 0.25) is 0 Å². The van der Waals surface area contributed by atoms with Crippen molar-refractivity contribution >= 4 is 17.6 Å². The molecule has 2 aromatic rings. The van der Waals surface area contributed by atoms with E-state index in [0.717, 1.165) is 76.8 Å². The summed E-state index contributed by atoms with van der Waals surface area (Å²) in [7, 11) is 0. The number of aliphatic hydroxyl groups excluding tert-OH is 3. The third-order valence-corrected chi connectivity index (χ3v) is 11.7. The number of benzene rings is 2. The Morgan fingerprint density at radius 1 is 1.13 bits per heavy atom. The van der Waals surface area contributed by atoms with Gasteiger partial charge in [0.2, 0.25) is 0 Å². The fourth-order valence-corrected chi connectivity index (χ4v) is 8.86. The maximum atomic E-state index is 12.9. The molecule has 1 spiro atoms. The summed E-state index contributed by atoms with van der Waals surface area (Å²) < 4.78 is 13.2. The number of nitrogens with zero attached hydrogens (tertiary/aromatic N) is 2. The first-order valence-corrected chi connectivity index (χ1v) is 19.3. The van der Waals surface area contributed by atoms with Gasteiger partial charge in [-0.25, -0.2) is 0 Å². The molecule has 5 aliphatic heterocycles. The molecule has 10 heteroatoms. The Labute approximate surface area is 316 Å². The van der Waals surface area contributed by atoms with Crippen LogP contribution in [0.1, 0.15) is 105 Å². The van der Waals surface area contributed by atoms with Crippen LogP contribution in [-0.2, 0) is 17.6 Å². The van der Waals surface area contributed by atoms with Crippen molar-refractivity contribution in [3.63, 3.8) is 0 Å². The quantitative estimate of drug-likeness (QED) is 0.223. The number of rotatable bonds is 9. The van der Waals surface area contributed by atoms with Crippen LogP contribution >= 0.6 is 0 Å². The lowest BCUT2D eigenvalue weighted by molar-refractivity contribution is -0.121. The summed E-state index contributed by atoms with van der Waals surface area (Å²) in [5.74, 6) is 10.8. The highest BCUT2D eigenvalue weighted by Crippen LogP contribution is 2.49. The van der Waals surface area contributed by atoms with Gasteiger partial charge in [0.05, 0.1) is 35.8 Å². The zero-order valence-corrected chi connectivity index (χ0v) is 30.7. The van der Waals surface area contributed by atoms with Crippen molar-refractivity contribution in [2.75, 3.05) is 6.54 Å². The number of carbonyl (C=O) groups excluding carboxylic acids is 1. The Bertz CT molecular complexity index is 2070. The average molecular weight is 729 g/mol. The summed E-state index contributed by atoms with van der Waals surface area (Å²) in [5, 5.41) is 35.5. The number of hydrogen-bond acceptors (Lipinski definition) is 10. The molecule has 0 amide bonds. The molecule has 0 saturated heterocycles. The van der Waals surface area contributed by atoms with Crippen molar-refractivity contribution in [3.05, 3.63) is 87.9 Å². The van der Waals surface area contributed by atoms with E-state index in [1.807, 2.05) is 55.7 Å². The van der Waals surface area contributed by atoms with Crippen LogP contribution in [-0.4, -0.2) is 56.7 Å². The number of aryl methyl sites for hydroxylation is 1. The standard InChI is InChI=1S/C44H48N4O6/c1-2-5-29(49)22-31(51)23-30(50)8-6-27-7-13-40-41(20-27)54-43-37(44(17-19-53-40)15-3-4-16-44)11-12-39(52)33-9-10-34-32(14-18-46-42(34)45)35(33)21-28-24-47-38-26-48(43)25-36(28)38/h7,9-10,13-14,18,20,24-25,29,31,37,39,42-43,46,49,51-52H,2-6,8,15-16,21-23,26,45H2,1H3. The molecule has 10 nitrogen and oxygen atoms in total. The lowest BCUT2D eigenvalue weighted by atomic mass is 9.73. The third kappa shape index (κ3) is 7.08. The molecule has 6 atom stereocenters. The third-order valence-electron chi connectivity index (χ3n) is 11.7. The summed E-state index contributed by atoms with van der Waals surface area (Å²) in [4.78, 5) is 19.9. The van der Waals surface area contributed by atoms with Gasteiger partial charge in [-0.15, -0.1) is 0 Å². The van der Waals surface area contributed by atoms with E-state index in [1.54, 1.807) is 0 Å². The van der Waals surface area contributed by atoms with E-state index in [-0.39, 0.29) is 31.2 Å². The zero-order valence-electron chi connectivity index (χ0n) is 30.7. The van der Waals surface area contributed by atoms with Crippen molar-refractivity contribution < 1.29 is 29.6 Å². The molecule has 6 unspecified atom stereocenters. The lowest BCUT2D eigenvalue weighted by Crippen LogP contribution is -2.47. The monoisotopic (exact) mass is 728 g/mol. The van der Waals surface area contributed by atoms with E-state index in [4.69, 9.17) is 20.2 Å². The Kier molecular flexibility index (Phi) is 10.1. The highest BCUT2D eigenvalue weighted by molar-refractivity contribution is 6.09. The molecular formula is C44H48N4O6. The van der Waals surface area contributed by atoms with Crippen LogP contribution in [0.5, 0.6) is 11.5 Å². The van der Waals surface area contributed by atoms with Gasteiger partial charge in [-0.1, -0.05) is 62.1 Å². The summed E-state index contributed by atoms with van der Waals surface area (Å²) in [6, 6.07) is 9.58. The minimum Gasteiger partial charge on any atom is -0.465 e. The van der Waals surface area contributed by atoms with Crippen molar-refractivity contribution in [2.45, 2.75) is 108 Å². The summed E-state index contributed by atoms with van der Waals surface area (Å²) in [5.41, 5.74) is 13.5. The number of nitrogens with one attached hydrogen (secondary N) is 1. The van der Waals surface area contributed by atoms with Gasteiger partial charge in [-0.3, -0.25) is 9.79 Å². The highest BCUT2D eigenvalue weighted by atomic mass is 16.5. The molecule has 6 N–H and O–H groups in total. The van der Waals surface area contributed by atoms with Gasteiger partial charge in [-0.2, -0.15) is 0 Å². The Morgan fingerprint density at radius 2 is 1.96 bits per heavy atom. The molecule has 0 radical (unpaired) electrons. The number of ether oxygens (including phenoxy) is 2. The first-order valence-electron chi connectivity index (χ1n) is 19.3. The van der Waals surface area contributed by atoms with E-state index < -0.39 is 35.9 Å². The Balaban J connectivity index is 1.14. The molecule has 8 rings (SSSR count). The maximum Gasteiger partial charge on any atom is 0.187 e. The first kappa shape index (κ1) is 36.2. The number of aliphatic imine (C=N–C) groups is 1. The number of hydrogen-bond donors (Lipinski definition) is 5. The van der Waals surface area contributed by atoms with E-state index in [2.05, 4.69) is 40.3 Å². The summed E-state index contributed by atoms with van der Waals surface area (Å²) >= 11 is 0. The van der Waals surface area contributed by atoms with E-state index in [9.17, 15) is 20.1 Å². The number of aliphatic hydroxyl groups is 3. The largest absolute Gasteiger partial charge is 0.465 e. The van der Waals surface area contributed by atoms with Gasteiger partial charge in [0.25, 0.3) is 0 Å². The number of carbonyl (C=O) groups is 1. The molecule has 2 aromatic carbocycles. The number of allylic oxidation sites excluding steroid dienone is 1. The summed E-state index contributed by atoms with van der Waals surface area (Å²) in [6.45, 7) is 2.50. The molecule has 0 aromatic heterocycles. The van der Waals surface area contributed by atoms with Crippen LogP contribution in [0.25, 0.3) is 6.08 Å². The van der Waals surface area contributed by atoms with Gasteiger partial charge in [-0.05, 0) is 89.9 Å². The van der Waals surface area contributed by atoms with Crippen LogP contribution in [0.15, 0.2) is 65.1 Å². The van der Waals surface area contributed by atoms with Crippen LogP contribution in [0.3, 0.4) is 0 Å². The Hall–Kier alpha value is -4.84. The van der Waals surface area contributed by atoms with Crippen LogP contribution < -0.4 is 20.5 Å². The molecular weight excluding hydrogens is 681 g/mol. The predicted octanol–water partition coefficient (Wildman–Crippen LogP) is 5.09. The topological polar surface area (TPSA) is 150 Å². The van der Waals surface area contributed by atoms with Crippen molar-refractivity contribution in [1.82, 2.24) is 10.2 Å². The molecule has 1 saturated carbocycles. The predicted molar refractivity (Wildman–Crippen MR) is 205 cm³/mol. The highest BCUT2D eigenvalue weighted by Gasteiger charge is 2.48. The van der Waals surface area contributed by atoms with Crippen molar-refractivity contribution in [2.24, 2.45) is 22.1 Å². The second-order valence-electron chi connectivity index (χ2n) is 15.5. The van der Waals surface area contributed by atoms with Gasteiger partial charge in [0.1, 0.15) is 24.2 Å². The van der Waals surface area contributed by atoms with E-state index >= 15 is 0 Å². The van der Waals surface area contributed by atoms with Crippen LogP contribution in [0, 0.1) is 35.2 Å². The fraction of sp³-hybridized carbons (Fsp3) is 0.455. The normalized spacial score (nSPS) is 25.1. The molecule has 1 fully saturated rings. The van der Waals surface area contributed by atoms with Crippen molar-refractivity contribution in [3.8, 4) is 35.4 Å². The van der Waals surface area contributed by atoms with Gasteiger partial charge < -0.3 is 40.7 Å². The molecule has 280 valence electrons. The molecule has 5 heterocycles. The minimum atomic E-state index is -1.06. The lowest BCUT2D eigenvalue weighted by Gasteiger charge is -2.39. The van der Waals surface area contributed by atoms with E-state index in [1.165, 1.54) is 0 Å². The number of ketones is 1. The smallest absolute Gasteiger partial charge is 0.187 e. The van der Waals surface area contributed by atoms with E-state index in [0.29, 0.717) is 37.3 Å². The second-order valence-corrected chi connectivity index (χ2v) is 15.5. The summed E-state index contributed by atoms with van der Waals surface area (Å²) in [6.07, 6.45) is 14.0. The number of Topliss-reactive ketones (excluding diaryl/α,β-unsaturated/α-hetero) is 1. The van der Waals surface area contributed by atoms with Crippen molar-refractivity contribution in [1.29, 1.82) is 0 Å².